The summed E-state index contributed by atoms with van der Waals surface area (Å²) < 4.78 is 58.3. The molecule has 0 aromatic heterocycles. The maximum Gasteiger partial charge on any atom is 0.259 e. The zero-order valence-electron chi connectivity index (χ0n) is 16.2. The van der Waals surface area contributed by atoms with Gasteiger partial charge in [-0.25, -0.2) is 26.3 Å². The van der Waals surface area contributed by atoms with Gasteiger partial charge in [0, 0.05) is 18.8 Å². The minimum absolute atomic E-state index is 0.0239. The van der Waals surface area contributed by atoms with Gasteiger partial charge < -0.3 is 10.1 Å². The van der Waals surface area contributed by atoms with Gasteiger partial charge >= 0.3 is 0 Å². The molecule has 0 heterocycles. The van der Waals surface area contributed by atoms with Crippen molar-refractivity contribution in [1.29, 1.82) is 0 Å². The third kappa shape index (κ3) is 5.54. The van der Waals surface area contributed by atoms with Crippen LogP contribution in [0, 0.1) is 0 Å². The monoisotopic (exact) mass is 441 g/mol. The molecule has 2 aromatic rings. The molecule has 9 nitrogen and oxygen atoms in total. The first-order valence-corrected chi connectivity index (χ1v) is 11.7. The van der Waals surface area contributed by atoms with Crippen molar-refractivity contribution in [3.8, 4) is 5.75 Å². The number of carbonyl (C=O) groups is 1. The molecule has 29 heavy (non-hydrogen) atoms. The Morgan fingerprint density at radius 3 is 1.90 bits per heavy atom. The van der Waals surface area contributed by atoms with Crippen LogP contribution < -0.4 is 19.5 Å². The predicted octanol–water partition coefficient (Wildman–Crippen LogP) is 1.54. The maximum absolute atomic E-state index is 12.7. The van der Waals surface area contributed by atoms with Crippen molar-refractivity contribution in [2.24, 2.45) is 0 Å². The number of benzene rings is 2. The molecular weight excluding hydrogens is 418 g/mol. The molecule has 2 aromatic carbocycles. The first-order valence-electron chi connectivity index (χ1n) is 8.73. The molecule has 158 valence electrons. The minimum atomic E-state index is -3.75. The van der Waals surface area contributed by atoms with Gasteiger partial charge in [-0.1, -0.05) is 13.8 Å². The highest BCUT2D eigenvalue weighted by Crippen LogP contribution is 2.24. The lowest BCUT2D eigenvalue weighted by Gasteiger charge is -2.12. The molecular formula is C18H23N3O6S2. The fraction of sp³-hybridized carbons (Fsp3) is 0.278. The highest BCUT2D eigenvalue weighted by atomic mass is 32.2. The zero-order valence-corrected chi connectivity index (χ0v) is 17.9. The van der Waals surface area contributed by atoms with Gasteiger partial charge in [-0.05, 0) is 42.5 Å². The lowest BCUT2D eigenvalue weighted by atomic mass is 10.2. The van der Waals surface area contributed by atoms with Gasteiger partial charge in [0.2, 0.25) is 20.0 Å². The average Bonchev–Trinajstić information content (AvgIpc) is 2.67. The molecule has 0 atom stereocenters. The third-order valence-corrected chi connectivity index (χ3v) is 6.92. The largest absolute Gasteiger partial charge is 0.496 e. The van der Waals surface area contributed by atoms with Crippen molar-refractivity contribution in [2.75, 3.05) is 25.5 Å². The summed E-state index contributed by atoms with van der Waals surface area (Å²) in [6, 6.07) is 9.55. The van der Waals surface area contributed by atoms with Gasteiger partial charge in [0.15, 0.2) is 0 Å². The summed E-state index contributed by atoms with van der Waals surface area (Å²) in [5, 5.41) is 2.60. The molecule has 0 bridgehead atoms. The van der Waals surface area contributed by atoms with Crippen LogP contribution in [-0.2, 0) is 20.0 Å². The standard InChI is InChI=1S/C18H23N3O6S2/c1-4-19-28(23,24)14-8-6-13(7-9-14)21-18(22)16-12-15(10-11-17(16)27-3)29(25,26)20-5-2/h6-12,19-20H,4-5H2,1-3H3,(H,21,22). The third-order valence-electron chi connectivity index (χ3n) is 3.82. The zero-order chi connectivity index (χ0) is 21.7. The fourth-order valence-corrected chi connectivity index (χ4v) is 4.60. The van der Waals surface area contributed by atoms with Crippen molar-refractivity contribution >= 4 is 31.6 Å². The normalized spacial score (nSPS) is 11.8. The van der Waals surface area contributed by atoms with E-state index in [2.05, 4.69) is 14.8 Å². The summed E-state index contributed by atoms with van der Waals surface area (Å²) >= 11 is 0. The fourth-order valence-electron chi connectivity index (χ4n) is 2.49. The van der Waals surface area contributed by atoms with Gasteiger partial charge in [0.05, 0.1) is 22.5 Å². The van der Waals surface area contributed by atoms with Gasteiger partial charge in [0.1, 0.15) is 5.75 Å². The summed E-state index contributed by atoms with van der Waals surface area (Å²) in [7, 11) is -5.99. The van der Waals surface area contributed by atoms with Crippen LogP contribution in [0.25, 0.3) is 0 Å². The highest BCUT2D eigenvalue weighted by molar-refractivity contribution is 7.89. The van der Waals surface area contributed by atoms with Crippen LogP contribution in [0.1, 0.15) is 24.2 Å². The van der Waals surface area contributed by atoms with E-state index >= 15 is 0 Å². The van der Waals surface area contributed by atoms with E-state index in [1.165, 1.54) is 49.6 Å². The van der Waals surface area contributed by atoms with Crippen LogP contribution in [0.3, 0.4) is 0 Å². The summed E-state index contributed by atoms with van der Waals surface area (Å²) in [6.07, 6.45) is 0. The molecule has 0 radical (unpaired) electrons. The highest BCUT2D eigenvalue weighted by Gasteiger charge is 2.20. The second-order valence-corrected chi connectivity index (χ2v) is 9.38. The molecule has 0 spiro atoms. The summed E-state index contributed by atoms with van der Waals surface area (Å²) in [5.74, 6) is -0.401. The Morgan fingerprint density at radius 1 is 0.862 bits per heavy atom. The van der Waals surface area contributed by atoms with Crippen LogP contribution in [0.15, 0.2) is 52.3 Å². The molecule has 0 aliphatic heterocycles. The SMILES string of the molecule is CCNS(=O)(=O)c1ccc(NC(=O)c2cc(S(=O)(=O)NCC)ccc2OC)cc1. The molecule has 2 rings (SSSR count). The summed E-state index contributed by atoms with van der Waals surface area (Å²) in [4.78, 5) is 12.7. The van der Waals surface area contributed by atoms with E-state index in [0.29, 0.717) is 5.69 Å². The average molecular weight is 442 g/mol. The topological polar surface area (TPSA) is 131 Å². The number of anilines is 1. The number of nitrogens with one attached hydrogen (secondary N) is 3. The molecule has 3 N–H and O–H groups in total. The van der Waals surface area contributed by atoms with E-state index in [-0.39, 0.29) is 34.2 Å². The lowest BCUT2D eigenvalue weighted by Crippen LogP contribution is -2.24. The number of hydrogen-bond donors (Lipinski definition) is 3. The van der Waals surface area contributed by atoms with Crippen LogP contribution in [0.2, 0.25) is 0 Å². The maximum atomic E-state index is 12.7. The number of sulfonamides is 2. The Bertz CT molecular complexity index is 1080. The van der Waals surface area contributed by atoms with E-state index < -0.39 is 26.0 Å². The molecule has 11 heteroatoms. The van der Waals surface area contributed by atoms with Crippen LogP contribution in [0.4, 0.5) is 5.69 Å². The number of ether oxygens (including phenoxy) is 1. The van der Waals surface area contributed by atoms with E-state index in [0.717, 1.165) is 0 Å². The summed E-state index contributed by atoms with van der Waals surface area (Å²) in [6.45, 7) is 3.78. The first kappa shape index (κ1) is 22.8. The molecule has 0 aliphatic rings. The van der Waals surface area contributed by atoms with Gasteiger partial charge in [0.25, 0.3) is 5.91 Å². The smallest absolute Gasteiger partial charge is 0.259 e. The molecule has 0 aliphatic carbocycles. The lowest BCUT2D eigenvalue weighted by molar-refractivity contribution is 0.102. The van der Waals surface area contributed by atoms with Crippen LogP contribution in [0.5, 0.6) is 5.75 Å². The van der Waals surface area contributed by atoms with E-state index in [1.807, 2.05) is 0 Å². The summed E-state index contributed by atoms with van der Waals surface area (Å²) in [5.41, 5.74) is 0.364. The minimum Gasteiger partial charge on any atom is -0.496 e. The second-order valence-electron chi connectivity index (χ2n) is 5.84. The molecule has 0 unspecified atom stereocenters. The molecule has 0 saturated carbocycles. The quantitative estimate of drug-likeness (QED) is 0.541. The molecule has 0 saturated heterocycles. The Morgan fingerprint density at radius 2 is 1.38 bits per heavy atom. The van der Waals surface area contributed by atoms with Crippen molar-refractivity contribution in [3.63, 3.8) is 0 Å². The number of amides is 1. The van der Waals surface area contributed by atoms with Crippen molar-refractivity contribution in [2.45, 2.75) is 23.6 Å². The van der Waals surface area contributed by atoms with Crippen LogP contribution >= 0.6 is 0 Å². The number of rotatable bonds is 9. The van der Waals surface area contributed by atoms with Crippen molar-refractivity contribution in [1.82, 2.24) is 9.44 Å². The van der Waals surface area contributed by atoms with E-state index in [9.17, 15) is 21.6 Å². The Hall–Kier alpha value is -2.47. The van der Waals surface area contributed by atoms with Crippen LogP contribution in [-0.4, -0.2) is 42.9 Å². The number of carbonyl (C=O) groups excluding carboxylic acids is 1. The second kappa shape index (κ2) is 9.35. The Labute approximate surface area is 170 Å². The van der Waals surface area contributed by atoms with Gasteiger partial charge in [-0.15, -0.1) is 0 Å². The van der Waals surface area contributed by atoms with Gasteiger partial charge in [-0.3, -0.25) is 4.79 Å². The van der Waals surface area contributed by atoms with E-state index in [1.54, 1.807) is 13.8 Å². The van der Waals surface area contributed by atoms with Crippen molar-refractivity contribution in [3.05, 3.63) is 48.0 Å². The predicted molar refractivity (Wildman–Crippen MR) is 109 cm³/mol. The first-order chi connectivity index (χ1) is 13.6. The van der Waals surface area contributed by atoms with Gasteiger partial charge in [-0.2, -0.15) is 0 Å². The molecule has 1 amide bonds. The number of methoxy groups -OCH3 is 1. The Kier molecular flexibility index (Phi) is 7.36. The number of hydrogen-bond acceptors (Lipinski definition) is 6. The Balaban J connectivity index is 2.30. The molecule has 0 fully saturated rings. The van der Waals surface area contributed by atoms with Crippen molar-refractivity contribution < 1.29 is 26.4 Å². The van der Waals surface area contributed by atoms with E-state index in [4.69, 9.17) is 4.74 Å².